The summed E-state index contributed by atoms with van der Waals surface area (Å²) in [6.07, 6.45) is 0. The third-order valence-corrected chi connectivity index (χ3v) is 2.28. The van der Waals surface area contributed by atoms with E-state index in [9.17, 15) is 4.79 Å². The van der Waals surface area contributed by atoms with Crippen molar-refractivity contribution in [3.05, 3.63) is 24.3 Å². The molecule has 0 unspecified atom stereocenters. The molecule has 0 amide bonds. The van der Waals surface area contributed by atoms with Crippen LogP contribution in [0.5, 0.6) is 0 Å². The summed E-state index contributed by atoms with van der Waals surface area (Å²) in [5.74, 6) is -0.660. The Labute approximate surface area is 96.9 Å². The normalized spacial score (nSPS) is 12.3. The molecule has 2 rings (SSSR count). The van der Waals surface area contributed by atoms with E-state index in [1.807, 2.05) is 0 Å². The van der Waals surface area contributed by atoms with Crippen molar-refractivity contribution in [1.29, 1.82) is 0 Å². The van der Waals surface area contributed by atoms with E-state index in [1.165, 1.54) is 6.92 Å². The van der Waals surface area contributed by atoms with E-state index in [0.717, 1.165) is 4.80 Å². The zero-order valence-corrected chi connectivity index (χ0v) is 9.11. The topological polar surface area (TPSA) is 107 Å². The molecule has 1 atom stereocenters. The maximum atomic E-state index is 10.8. The number of carbonyl (C=O) groups is 1. The van der Waals surface area contributed by atoms with Gasteiger partial charge >= 0.3 is 5.97 Å². The molecule has 0 aliphatic rings. The van der Waals surface area contributed by atoms with Gasteiger partial charge in [-0.25, -0.2) is 4.79 Å². The van der Waals surface area contributed by atoms with Gasteiger partial charge in [0.05, 0.1) is 0 Å². The van der Waals surface area contributed by atoms with E-state index in [0.29, 0.717) is 17.1 Å². The lowest BCUT2D eigenvalue weighted by molar-refractivity contribution is -0.141. The largest absolute Gasteiger partial charge is 0.480 e. The van der Waals surface area contributed by atoms with Crippen molar-refractivity contribution in [2.75, 3.05) is 5.73 Å². The Morgan fingerprint density at radius 3 is 2.94 bits per heavy atom. The first-order chi connectivity index (χ1) is 8.08. The third kappa shape index (κ3) is 2.22. The lowest BCUT2D eigenvalue weighted by Gasteiger charge is -2.01. The lowest BCUT2D eigenvalue weighted by atomic mass is 10.2. The minimum atomic E-state index is -1.01. The van der Waals surface area contributed by atoms with Crippen LogP contribution >= 0.6 is 0 Å². The van der Waals surface area contributed by atoms with Crippen molar-refractivity contribution in [1.82, 2.24) is 20.2 Å². The molecule has 1 aromatic heterocycles. The fourth-order valence-corrected chi connectivity index (χ4v) is 1.28. The van der Waals surface area contributed by atoms with Gasteiger partial charge in [-0.1, -0.05) is 12.1 Å². The summed E-state index contributed by atoms with van der Waals surface area (Å²) < 4.78 is 0. The van der Waals surface area contributed by atoms with E-state index in [1.54, 1.807) is 24.3 Å². The lowest BCUT2D eigenvalue weighted by Crippen LogP contribution is -2.18. The van der Waals surface area contributed by atoms with Crippen LogP contribution in [-0.4, -0.2) is 31.3 Å². The number of carboxylic acid groups (broad SMARTS) is 1. The number of hydrogen-bond acceptors (Lipinski definition) is 5. The second-order valence-corrected chi connectivity index (χ2v) is 3.57. The second kappa shape index (κ2) is 4.20. The van der Waals surface area contributed by atoms with Crippen molar-refractivity contribution in [3.63, 3.8) is 0 Å². The molecule has 0 saturated heterocycles. The molecule has 1 aromatic carbocycles. The zero-order chi connectivity index (χ0) is 12.4. The summed E-state index contributed by atoms with van der Waals surface area (Å²) in [7, 11) is 0. The standard InChI is InChI=1S/C10H11N5O2/c1-6(10(16)17)15-13-9(12-14-15)7-3-2-4-8(11)5-7/h2-6H,11H2,1H3,(H,16,17)/t6-/m1/s1. The van der Waals surface area contributed by atoms with Crippen LogP contribution in [-0.2, 0) is 4.79 Å². The zero-order valence-electron chi connectivity index (χ0n) is 9.11. The Balaban J connectivity index is 2.33. The second-order valence-electron chi connectivity index (χ2n) is 3.57. The molecule has 0 radical (unpaired) electrons. The molecule has 0 saturated carbocycles. The molecule has 7 heteroatoms. The van der Waals surface area contributed by atoms with Crippen molar-refractivity contribution in [2.24, 2.45) is 0 Å². The van der Waals surface area contributed by atoms with Crippen molar-refractivity contribution < 1.29 is 9.90 Å². The third-order valence-electron chi connectivity index (χ3n) is 2.28. The number of anilines is 1. The summed E-state index contributed by atoms with van der Waals surface area (Å²) in [5.41, 5.74) is 6.92. The maximum Gasteiger partial charge on any atom is 0.330 e. The van der Waals surface area contributed by atoms with Gasteiger partial charge in [-0.15, -0.1) is 15.0 Å². The van der Waals surface area contributed by atoms with E-state index in [4.69, 9.17) is 10.8 Å². The minimum Gasteiger partial charge on any atom is -0.480 e. The highest BCUT2D eigenvalue weighted by atomic mass is 16.4. The number of carboxylic acids is 1. The fourth-order valence-electron chi connectivity index (χ4n) is 1.28. The van der Waals surface area contributed by atoms with E-state index in [2.05, 4.69) is 15.4 Å². The monoisotopic (exact) mass is 233 g/mol. The van der Waals surface area contributed by atoms with Gasteiger partial charge in [-0.3, -0.25) is 0 Å². The number of nitrogen functional groups attached to an aromatic ring is 1. The molecule has 88 valence electrons. The summed E-state index contributed by atoms with van der Waals surface area (Å²) >= 11 is 0. The predicted molar refractivity (Wildman–Crippen MR) is 60.0 cm³/mol. The first kappa shape index (κ1) is 11.1. The van der Waals surface area contributed by atoms with Crippen LogP contribution < -0.4 is 5.73 Å². The Hall–Kier alpha value is -2.44. The molecule has 0 aliphatic heterocycles. The van der Waals surface area contributed by atoms with Crippen LogP contribution in [0.3, 0.4) is 0 Å². The molecule has 0 aliphatic carbocycles. The molecule has 0 spiro atoms. The van der Waals surface area contributed by atoms with Crippen LogP contribution in [0.25, 0.3) is 11.4 Å². The summed E-state index contributed by atoms with van der Waals surface area (Å²) in [6.45, 7) is 1.48. The summed E-state index contributed by atoms with van der Waals surface area (Å²) in [5, 5.41) is 20.3. The minimum absolute atomic E-state index is 0.352. The summed E-state index contributed by atoms with van der Waals surface area (Å²) in [4.78, 5) is 11.8. The highest BCUT2D eigenvalue weighted by Crippen LogP contribution is 2.17. The van der Waals surface area contributed by atoms with Crippen LogP contribution in [0.4, 0.5) is 5.69 Å². The summed E-state index contributed by atoms with van der Waals surface area (Å²) in [6, 6.07) is 6.15. The molecule has 1 heterocycles. The Kier molecular flexibility index (Phi) is 2.73. The van der Waals surface area contributed by atoms with E-state index < -0.39 is 12.0 Å². The Morgan fingerprint density at radius 1 is 1.53 bits per heavy atom. The number of aromatic nitrogens is 4. The average molecular weight is 233 g/mol. The molecule has 17 heavy (non-hydrogen) atoms. The number of hydrogen-bond donors (Lipinski definition) is 2. The first-order valence-corrected chi connectivity index (χ1v) is 4.96. The van der Waals surface area contributed by atoms with Gasteiger partial charge in [0, 0.05) is 11.3 Å². The quantitative estimate of drug-likeness (QED) is 0.750. The Morgan fingerprint density at radius 2 is 2.29 bits per heavy atom. The molecule has 0 bridgehead atoms. The molecular weight excluding hydrogens is 222 g/mol. The van der Waals surface area contributed by atoms with Crippen molar-refractivity contribution >= 4 is 11.7 Å². The van der Waals surface area contributed by atoms with Gasteiger partial charge in [0.1, 0.15) is 0 Å². The van der Waals surface area contributed by atoms with Gasteiger partial charge in [0.25, 0.3) is 0 Å². The number of nitrogens with zero attached hydrogens (tertiary/aromatic N) is 4. The smallest absolute Gasteiger partial charge is 0.330 e. The van der Waals surface area contributed by atoms with E-state index >= 15 is 0 Å². The highest BCUT2D eigenvalue weighted by molar-refractivity contribution is 5.71. The fraction of sp³-hybridized carbons (Fsp3) is 0.200. The van der Waals surface area contributed by atoms with Crippen LogP contribution in [0, 0.1) is 0 Å². The van der Waals surface area contributed by atoms with E-state index in [-0.39, 0.29) is 0 Å². The van der Waals surface area contributed by atoms with Gasteiger partial charge in [0.2, 0.25) is 5.82 Å². The highest BCUT2D eigenvalue weighted by Gasteiger charge is 2.17. The molecule has 7 nitrogen and oxygen atoms in total. The number of aliphatic carboxylic acids is 1. The van der Waals surface area contributed by atoms with Crippen molar-refractivity contribution in [3.8, 4) is 11.4 Å². The number of rotatable bonds is 3. The van der Waals surface area contributed by atoms with Crippen LogP contribution in [0.2, 0.25) is 0 Å². The number of tetrazole rings is 1. The molecule has 2 aromatic rings. The van der Waals surface area contributed by atoms with Crippen LogP contribution in [0.15, 0.2) is 24.3 Å². The van der Waals surface area contributed by atoms with Gasteiger partial charge < -0.3 is 10.8 Å². The Bertz CT molecular complexity index is 551. The van der Waals surface area contributed by atoms with Crippen molar-refractivity contribution in [2.45, 2.75) is 13.0 Å². The van der Waals surface area contributed by atoms with Crippen LogP contribution in [0.1, 0.15) is 13.0 Å². The predicted octanol–water partition coefficient (Wildman–Crippen LogP) is 0.568. The number of benzene rings is 1. The molecule has 3 N–H and O–H groups in total. The van der Waals surface area contributed by atoms with Gasteiger partial charge in [-0.05, 0) is 24.3 Å². The molecule has 0 fully saturated rings. The SMILES string of the molecule is C[C@H](C(=O)O)n1nnc(-c2cccc(N)c2)n1. The van der Waals surface area contributed by atoms with Gasteiger partial charge in [0.15, 0.2) is 6.04 Å². The molecular formula is C10H11N5O2. The number of nitrogens with two attached hydrogens (primary N) is 1. The maximum absolute atomic E-state index is 10.8. The van der Waals surface area contributed by atoms with Gasteiger partial charge in [-0.2, -0.15) is 0 Å². The first-order valence-electron chi connectivity index (χ1n) is 4.96. The average Bonchev–Trinajstić information content (AvgIpc) is 2.77.